The summed E-state index contributed by atoms with van der Waals surface area (Å²) in [6.07, 6.45) is 6.97. The van der Waals surface area contributed by atoms with Crippen molar-refractivity contribution in [2.24, 2.45) is 0 Å². The number of hydrogen-bond acceptors (Lipinski definition) is 2. The molecule has 0 aliphatic carbocycles. The quantitative estimate of drug-likeness (QED) is 0.731. The van der Waals surface area contributed by atoms with E-state index < -0.39 is 0 Å². The lowest BCUT2D eigenvalue weighted by molar-refractivity contribution is 0.270. The zero-order valence-electron chi connectivity index (χ0n) is 7.99. The molecule has 0 aromatic heterocycles. The van der Waals surface area contributed by atoms with Crippen molar-refractivity contribution in [1.29, 1.82) is 0 Å². The lowest BCUT2D eigenvalue weighted by atomic mass is 10.3. The van der Waals surface area contributed by atoms with Crippen molar-refractivity contribution in [3.8, 4) is 0 Å². The number of rotatable bonds is 4. The number of halogens is 1. The maximum absolute atomic E-state index is 2.37. The van der Waals surface area contributed by atoms with Gasteiger partial charge in [-0.25, -0.2) is 0 Å². The Hall–Kier alpha value is 0.0700. The molecule has 0 aromatic rings. The molecule has 0 N–H and O–H groups in total. The highest BCUT2D eigenvalue weighted by atomic mass is 127. The predicted octanol–water partition coefficient (Wildman–Crippen LogP) is 2.47. The molecule has 0 spiro atoms. The summed E-state index contributed by atoms with van der Waals surface area (Å²) in [7, 11) is 0. The van der Waals surface area contributed by atoms with Crippen LogP contribution < -0.4 is 0 Å². The van der Waals surface area contributed by atoms with Gasteiger partial charge in [0, 0.05) is 25.5 Å². The molecule has 12 heavy (non-hydrogen) atoms. The minimum atomic E-state index is 0. The summed E-state index contributed by atoms with van der Waals surface area (Å²) in [6.45, 7) is 7.85. The van der Waals surface area contributed by atoms with Gasteiger partial charge in [-0.1, -0.05) is 13.3 Å². The van der Waals surface area contributed by atoms with Crippen LogP contribution in [0.4, 0.5) is 0 Å². The fourth-order valence-electron chi connectivity index (χ4n) is 1.23. The van der Waals surface area contributed by atoms with Crippen LogP contribution in [0.5, 0.6) is 0 Å². The van der Waals surface area contributed by atoms with E-state index in [1.807, 2.05) is 0 Å². The third kappa shape index (κ3) is 3.65. The van der Waals surface area contributed by atoms with Gasteiger partial charge in [-0.2, -0.15) is 0 Å². The van der Waals surface area contributed by atoms with E-state index in [2.05, 4.69) is 36.0 Å². The van der Waals surface area contributed by atoms with E-state index in [0.29, 0.717) is 0 Å². The third-order valence-corrected chi connectivity index (χ3v) is 2.06. The van der Waals surface area contributed by atoms with E-state index in [1.165, 1.54) is 19.4 Å². The van der Waals surface area contributed by atoms with E-state index in [0.717, 1.165) is 13.2 Å². The van der Waals surface area contributed by atoms with Crippen LogP contribution in [0, 0.1) is 0 Å². The normalized spacial score (nSPS) is 15.2. The molecule has 1 heterocycles. The highest BCUT2D eigenvalue weighted by molar-refractivity contribution is 14.0. The zero-order valence-corrected chi connectivity index (χ0v) is 10.3. The molecule has 1 rings (SSSR count). The van der Waals surface area contributed by atoms with Crippen LogP contribution in [0.3, 0.4) is 0 Å². The summed E-state index contributed by atoms with van der Waals surface area (Å²) in [4.78, 5) is 4.68. The Morgan fingerprint density at radius 1 is 1.17 bits per heavy atom. The van der Waals surface area contributed by atoms with Crippen LogP contribution in [0.1, 0.15) is 26.7 Å². The topological polar surface area (TPSA) is 6.48 Å². The first-order valence-electron chi connectivity index (χ1n) is 4.53. The molecule has 0 saturated heterocycles. The predicted molar refractivity (Wildman–Crippen MR) is 63.4 cm³/mol. The van der Waals surface area contributed by atoms with Crippen molar-refractivity contribution < 1.29 is 0 Å². The smallest absolute Gasteiger partial charge is 0.0893 e. The summed E-state index contributed by atoms with van der Waals surface area (Å²) < 4.78 is 0. The monoisotopic (exact) mass is 282 g/mol. The minimum absolute atomic E-state index is 0. The number of unbranched alkanes of at least 4 members (excludes halogenated alkanes) is 1. The van der Waals surface area contributed by atoms with Crippen LogP contribution in [0.15, 0.2) is 12.4 Å². The molecule has 1 aliphatic heterocycles. The van der Waals surface area contributed by atoms with Crippen molar-refractivity contribution in [2.75, 3.05) is 19.8 Å². The molecule has 0 unspecified atom stereocenters. The molecule has 0 radical (unpaired) electrons. The Morgan fingerprint density at radius 2 is 1.83 bits per heavy atom. The molecule has 72 valence electrons. The van der Waals surface area contributed by atoms with Crippen LogP contribution in [0.25, 0.3) is 0 Å². The molecule has 0 fully saturated rings. The molecule has 0 bridgehead atoms. The summed E-state index contributed by atoms with van der Waals surface area (Å²) in [5, 5.41) is 0. The Balaban J connectivity index is 0.00000121. The van der Waals surface area contributed by atoms with Gasteiger partial charge in [0.05, 0.1) is 6.67 Å². The molecule has 0 saturated carbocycles. The van der Waals surface area contributed by atoms with E-state index in [-0.39, 0.29) is 24.0 Å². The van der Waals surface area contributed by atoms with E-state index >= 15 is 0 Å². The second-order valence-electron chi connectivity index (χ2n) is 3.01. The number of nitrogens with zero attached hydrogens (tertiary/aromatic N) is 2. The van der Waals surface area contributed by atoms with E-state index in [9.17, 15) is 0 Å². The average molecular weight is 282 g/mol. The van der Waals surface area contributed by atoms with E-state index in [4.69, 9.17) is 0 Å². The van der Waals surface area contributed by atoms with Crippen LogP contribution in [0.2, 0.25) is 0 Å². The largest absolute Gasteiger partial charge is 0.359 e. The highest BCUT2D eigenvalue weighted by Gasteiger charge is 2.08. The van der Waals surface area contributed by atoms with Gasteiger partial charge in [-0.15, -0.1) is 24.0 Å². The second kappa shape index (κ2) is 6.57. The van der Waals surface area contributed by atoms with Gasteiger partial charge in [0.2, 0.25) is 0 Å². The van der Waals surface area contributed by atoms with Crippen molar-refractivity contribution >= 4 is 24.0 Å². The van der Waals surface area contributed by atoms with Gasteiger partial charge >= 0.3 is 0 Å². The molecular weight excluding hydrogens is 263 g/mol. The van der Waals surface area contributed by atoms with Crippen molar-refractivity contribution in [3.63, 3.8) is 0 Å². The summed E-state index contributed by atoms with van der Waals surface area (Å²) in [6, 6.07) is 0. The molecule has 0 amide bonds. The molecule has 1 aliphatic rings. The molecule has 3 heteroatoms. The summed E-state index contributed by atoms with van der Waals surface area (Å²) in [5.41, 5.74) is 0. The van der Waals surface area contributed by atoms with E-state index in [1.54, 1.807) is 0 Å². The van der Waals surface area contributed by atoms with Gasteiger partial charge < -0.3 is 9.80 Å². The molecule has 2 nitrogen and oxygen atoms in total. The Bertz CT molecular complexity index is 136. The summed E-state index contributed by atoms with van der Waals surface area (Å²) >= 11 is 0. The van der Waals surface area contributed by atoms with Crippen molar-refractivity contribution in [2.45, 2.75) is 26.7 Å². The highest BCUT2D eigenvalue weighted by Crippen LogP contribution is 2.06. The Morgan fingerprint density at radius 3 is 2.33 bits per heavy atom. The summed E-state index contributed by atoms with van der Waals surface area (Å²) in [5.74, 6) is 0. The first-order valence-corrected chi connectivity index (χ1v) is 4.53. The van der Waals surface area contributed by atoms with Gasteiger partial charge in [-0.05, 0) is 13.3 Å². The van der Waals surface area contributed by atoms with Gasteiger partial charge in [0.25, 0.3) is 0 Å². The van der Waals surface area contributed by atoms with Crippen molar-refractivity contribution in [1.82, 2.24) is 9.80 Å². The minimum Gasteiger partial charge on any atom is -0.359 e. The lowest BCUT2D eigenvalue weighted by Gasteiger charge is -2.19. The van der Waals surface area contributed by atoms with Gasteiger partial charge in [0.1, 0.15) is 0 Å². The lowest BCUT2D eigenvalue weighted by Crippen LogP contribution is -2.25. The SMILES string of the molecule is CCCCN1C=CN(CC)C1.I. The van der Waals surface area contributed by atoms with Crippen LogP contribution >= 0.6 is 24.0 Å². The average Bonchev–Trinajstić information content (AvgIpc) is 2.48. The van der Waals surface area contributed by atoms with Gasteiger partial charge in [-0.3, -0.25) is 0 Å². The fraction of sp³-hybridized carbons (Fsp3) is 0.778. The first-order chi connectivity index (χ1) is 5.36. The standard InChI is InChI=1S/C9H18N2.HI/c1-3-5-6-11-8-7-10(4-2)9-11;/h7-8H,3-6,9H2,1-2H3;1H. The molecule has 0 aromatic carbocycles. The fourth-order valence-corrected chi connectivity index (χ4v) is 1.23. The number of hydrogen-bond donors (Lipinski definition) is 0. The first kappa shape index (κ1) is 12.1. The second-order valence-corrected chi connectivity index (χ2v) is 3.01. The van der Waals surface area contributed by atoms with Crippen LogP contribution in [-0.2, 0) is 0 Å². The van der Waals surface area contributed by atoms with Gasteiger partial charge in [0.15, 0.2) is 0 Å². The van der Waals surface area contributed by atoms with Crippen molar-refractivity contribution in [3.05, 3.63) is 12.4 Å². The molecular formula is C9H19IN2. The maximum atomic E-state index is 2.37. The van der Waals surface area contributed by atoms with Crippen LogP contribution in [-0.4, -0.2) is 29.6 Å². The Kier molecular flexibility index (Phi) is 6.61. The third-order valence-electron chi connectivity index (χ3n) is 2.06. The maximum Gasteiger partial charge on any atom is 0.0893 e. The Labute approximate surface area is 92.6 Å². The molecule has 0 atom stereocenters. The zero-order chi connectivity index (χ0) is 8.10.